The number of rotatable bonds is 4. The molecule has 0 unspecified atom stereocenters. The highest BCUT2D eigenvalue weighted by molar-refractivity contribution is 5.12. The van der Waals surface area contributed by atoms with Gasteiger partial charge in [-0.1, -0.05) is 20.8 Å². The number of fused-ring (bicyclic) bond motifs is 1. The van der Waals surface area contributed by atoms with Crippen LogP contribution in [0.15, 0.2) is 23.3 Å². The summed E-state index contributed by atoms with van der Waals surface area (Å²) < 4.78 is 3.99. The van der Waals surface area contributed by atoms with Gasteiger partial charge in [-0.2, -0.15) is 5.10 Å². The second kappa shape index (κ2) is 7.82. The molecule has 28 heavy (non-hydrogen) atoms. The minimum Gasteiger partial charge on any atom is -0.299 e. The number of aromatic nitrogens is 4. The van der Waals surface area contributed by atoms with E-state index in [4.69, 9.17) is 5.10 Å². The van der Waals surface area contributed by atoms with Gasteiger partial charge in [0.2, 0.25) is 0 Å². The Labute approximate surface area is 167 Å². The number of aryl methyl sites for hydroxylation is 2. The molecule has 0 atom stereocenters. The highest BCUT2D eigenvalue weighted by Gasteiger charge is 2.22. The standard InChI is InChI=1S/C22H33N5O/c1-22(2,3)20-13-21(28)26(16-23-20)14-17-7-10-25(11-8-17)15-18-12-19-6-4-5-9-27(19)24-18/h12-13,16-17H,4-11,14-15H2,1-3H3. The van der Waals surface area contributed by atoms with Crippen molar-refractivity contribution in [2.45, 2.75) is 77.9 Å². The van der Waals surface area contributed by atoms with Crippen LogP contribution in [0.3, 0.4) is 0 Å². The molecule has 4 rings (SSSR count). The molecule has 2 aromatic heterocycles. The third-order valence-corrected chi connectivity index (χ3v) is 6.16. The van der Waals surface area contributed by atoms with E-state index in [-0.39, 0.29) is 11.0 Å². The van der Waals surface area contributed by atoms with Crippen LogP contribution in [0.2, 0.25) is 0 Å². The molecular formula is C22H33N5O. The Bertz CT molecular complexity index is 844. The first-order chi connectivity index (χ1) is 13.4. The minimum absolute atomic E-state index is 0.0749. The molecule has 6 nitrogen and oxygen atoms in total. The van der Waals surface area contributed by atoms with Crippen molar-refractivity contribution in [3.63, 3.8) is 0 Å². The fraction of sp³-hybridized carbons (Fsp3) is 0.682. The van der Waals surface area contributed by atoms with Crippen molar-refractivity contribution >= 4 is 0 Å². The van der Waals surface area contributed by atoms with Crippen LogP contribution in [0.5, 0.6) is 0 Å². The maximum Gasteiger partial charge on any atom is 0.253 e. The third-order valence-electron chi connectivity index (χ3n) is 6.16. The summed E-state index contributed by atoms with van der Waals surface area (Å²) in [6.45, 7) is 11.2. The Morgan fingerprint density at radius 1 is 1.11 bits per heavy atom. The summed E-state index contributed by atoms with van der Waals surface area (Å²) in [6.07, 6.45) is 7.71. The minimum atomic E-state index is -0.0874. The molecule has 0 radical (unpaired) electrons. The second-order valence-corrected chi connectivity index (χ2v) is 9.54. The summed E-state index contributed by atoms with van der Waals surface area (Å²) in [7, 11) is 0. The van der Waals surface area contributed by atoms with Crippen LogP contribution >= 0.6 is 0 Å². The first kappa shape index (κ1) is 19.4. The van der Waals surface area contributed by atoms with Gasteiger partial charge in [-0.3, -0.25) is 18.9 Å². The zero-order valence-electron chi connectivity index (χ0n) is 17.5. The molecular weight excluding hydrogens is 350 g/mol. The maximum atomic E-state index is 12.5. The first-order valence-electron chi connectivity index (χ1n) is 10.7. The summed E-state index contributed by atoms with van der Waals surface area (Å²) in [5.74, 6) is 0.548. The molecule has 152 valence electrons. The van der Waals surface area contributed by atoms with E-state index in [1.165, 1.54) is 30.7 Å². The van der Waals surface area contributed by atoms with Crippen molar-refractivity contribution in [3.05, 3.63) is 45.9 Å². The van der Waals surface area contributed by atoms with E-state index in [2.05, 4.69) is 41.4 Å². The third kappa shape index (κ3) is 4.37. The van der Waals surface area contributed by atoms with Gasteiger partial charge in [-0.25, -0.2) is 4.98 Å². The molecule has 0 bridgehead atoms. The fourth-order valence-corrected chi connectivity index (χ4v) is 4.36. The topological polar surface area (TPSA) is 56.0 Å². The summed E-state index contributed by atoms with van der Waals surface area (Å²) in [5, 5.41) is 4.79. The van der Waals surface area contributed by atoms with E-state index in [1.54, 1.807) is 17.0 Å². The SMILES string of the molecule is CC(C)(C)c1cc(=O)n(CC2CCN(Cc3cc4n(n3)CCCC4)CC2)cn1. The van der Waals surface area contributed by atoms with Gasteiger partial charge in [0.15, 0.2) is 0 Å². The number of likely N-dealkylation sites (tertiary alicyclic amines) is 1. The molecule has 6 heteroatoms. The average molecular weight is 384 g/mol. The molecule has 4 heterocycles. The van der Waals surface area contributed by atoms with E-state index in [1.807, 2.05) is 0 Å². The van der Waals surface area contributed by atoms with E-state index in [0.29, 0.717) is 5.92 Å². The van der Waals surface area contributed by atoms with E-state index < -0.39 is 0 Å². The first-order valence-corrected chi connectivity index (χ1v) is 10.7. The Balaban J connectivity index is 1.31. The lowest BCUT2D eigenvalue weighted by Gasteiger charge is -2.31. The Morgan fingerprint density at radius 2 is 1.89 bits per heavy atom. The van der Waals surface area contributed by atoms with E-state index in [0.717, 1.165) is 51.3 Å². The fourth-order valence-electron chi connectivity index (χ4n) is 4.36. The second-order valence-electron chi connectivity index (χ2n) is 9.54. The van der Waals surface area contributed by atoms with Crippen molar-refractivity contribution in [2.24, 2.45) is 5.92 Å². The highest BCUT2D eigenvalue weighted by atomic mass is 16.1. The van der Waals surface area contributed by atoms with Crippen LogP contribution in [-0.2, 0) is 31.5 Å². The van der Waals surface area contributed by atoms with Gasteiger partial charge in [0, 0.05) is 36.8 Å². The highest BCUT2D eigenvalue weighted by Crippen LogP contribution is 2.22. The lowest BCUT2D eigenvalue weighted by molar-refractivity contribution is 0.164. The molecule has 2 aromatic rings. The quantitative estimate of drug-likeness (QED) is 0.814. The average Bonchev–Trinajstić information content (AvgIpc) is 3.06. The van der Waals surface area contributed by atoms with Crippen LogP contribution in [0.1, 0.15) is 63.5 Å². The predicted molar refractivity (Wildman–Crippen MR) is 110 cm³/mol. The molecule has 0 saturated carbocycles. The molecule has 1 saturated heterocycles. The van der Waals surface area contributed by atoms with Gasteiger partial charge in [0.1, 0.15) is 0 Å². The van der Waals surface area contributed by atoms with Gasteiger partial charge in [-0.05, 0) is 57.2 Å². The zero-order chi connectivity index (χ0) is 19.7. The number of hydrogen-bond acceptors (Lipinski definition) is 4. The largest absolute Gasteiger partial charge is 0.299 e. The van der Waals surface area contributed by atoms with Crippen LogP contribution < -0.4 is 5.56 Å². The molecule has 0 amide bonds. The Morgan fingerprint density at radius 3 is 2.57 bits per heavy atom. The van der Waals surface area contributed by atoms with Crippen molar-refractivity contribution in [3.8, 4) is 0 Å². The molecule has 0 N–H and O–H groups in total. The normalized spacial score (nSPS) is 19.0. The number of piperidine rings is 1. The Kier molecular flexibility index (Phi) is 5.41. The lowest BCUT2D eigenvalue weighted by Crippen LogP contribution is -2.36. The van der Waals surface area contributed by atoms with Gasteiger partial charge in [0.05, 0.1) is 17.7 Å². The van der Waals surface area contributed by atoms with Gasteiger partial charge >= 0.3 is 0 Å². The van der Waals surface area contributed by atoms with Crippen molar-refractivity contribution in [2.75, 3.05) is 13.1 Å². The van der Waals surface area contributed by atoms with Gasteiger partial charge in [-0.15, -0.1) is 0 Å². The molecule has 1 fully saturated rings. The van der Waals surface area contributed by atoms with Gasteiger partial charge in [0.25, 0.3) is 5.56 Å². The van der Waals surface area contributed by atoms with Crippen LogP contribution in [0.4, 0.5) is 0 Å². The number of nitrogens with zero attached hydrogens (tertiary/aromatic N) is 5. The molecule has 2 aliphatic rings. The molecule has 0 spiro atoms. The molecule has 0 aliphatic carbocycles. The van der Waals surface area contributed by atoms with Gasteiger partial charge < -0.3 is 0 Å². The summed E-state index contributed by atoms with van der Waals surface area (Å²) in [5.41, 5.74) is 3.48. The monoisotopic (exact) mass is 383 g/mol. The van der Waals surface area contributed by atoms with E-state index in [9.17, 15) is 4.79 Å². The van der Waals surface area contributed by atoms with Crippen molar-refractivity contribution in [1.29, 1.82) is 0 Å². The van der Waals surface area contributed by atoms with E-state index >= 15 is 0 Å². The molecule has 2 aliphatic heterocycles. The summed E-state index contributed by atoms with van der Waals surface area (Å²) in [6, 6.07) is 4.00. The van der Waals surface area contributed by atoms with Crippen LogP contribution in [0, 0.1) is 5.92 Å². The maximum absolute atomic E-state index is 12.5. The lowest BCUT2D eigenvalue weighted by atomic mass is 9.92. The smallest absolute Gasteiger partial charge is 0.253 e. The predicted octanol–water partition coefficient (Wildman–Crippen LogP) is 2.99. The number of hydrogen-bond donors (Lipinski definition) is 0. The van der Waals surface area contributed by atoms with Crippen LogP contribution in [-0.4, -0.2) is 37.3 Å². The molecule has 0 aromatic carbocycles. The Hall–Kier alpha value is -1.95. The van der Waals surface area contributed by atoms with Crippen molar-refractivity contribution < 1.29 is 0 Å². The summed E-state index contributed by atoms with van der Waals surface area (Å²) >= 11 is 0. The van der Waals surface area contributed by atoms with Crippen LogP contribution in [0.25, 0.3) is 0 Å². The van der Waals surface area contributed by atoms with Crippen molar-refractivity contribution in [1.82, 2.24) is 24.2 Å². The zero-order valence-corrected chi connectivity index (χ0v) is 17.5. The summed E-state index contributed by atoms with van der Waals surface area (Å²) in [4.78, 5) is 19.5.